The molecule has 1 amide bonds. The van der Waals surface area contributed by atoms with Gasteiger partial charge in [0.15, 0.2) is 6.10 Å². The summed E-state index contributed by atoms with van der Waals surface area (Å²) in [5.74, 6) is -1.03. The van der Waals surface area contributed by atoms with Gasteiger partial charge in [-0.1, -0.05) is 29.3 Å². The van der Waals surface area contributed by atoms with Crippen LogP contribution in [0.4, 0.5) is 5.69 Å². The fraction of sp³-hybridized carbons (Fsp3) is 0.188. The lowest BCUT2D eigenvalue weighted by Gasteiger charge is -2.13. The minimum Gasteiger partial charge on any atom is -0.449 e. The first kappa shape index (κ1) is 16.0. The molecule has 1 heterocycles. The first-order chi connectivity index (χ1) is 10.5. The van der Waals surface area contributed by atoms with E-state index in [0.29, 0.717) is 5.69 Å². The fourth-order valence-corrected chi connectivity index (χ4v) is 1.87. The number of rotatable bonds is 4. The summed E-state index contributed by atoms with van der Waals surface area (Å²) in [7, 11) is 0. The van der Waals surface area contributed by atoms with Gasteiger partial charge in [0.05, 0.1) is 5.56 Å². The average Bonchev–Trinajstić information content (AvgIpc) is 2.49. The molecule has 114 valence electrons. The quantitative estimate of drug-likeness (QED) is 0.694. The lowest BCUT2D eigenvalue weighted by Crippen LogP contribution is -2.30. The second kappa shape index (κ2) is 7.04. The van der Waals surface area contributed by atoms with Crippen LogP contribution in [-0.2, 0) is 9.53 Å². The van der Waals surface area contributed by atoms with Crippen LogP contribution in [0.2, 0.25) is 5.15 Å². The number of amides is 1. The number of ether oxygens (including phenoxy) is 1. The molecule has 2 aromatic rings. The van der Waals surface area contributed by atoms with Gasteiger partial charge in [0.1, 0.15) is 5.15 Å². The third-order valence-corrected chi connectivity index (χ3v) is 3.14. The summed E-state index contributed by atoms with van der Waals surface area (Å²) in [5, 5.41) is 2.87. The molecule has 0 bridgehead atoms. The predicted molar refractivity (Wildman–Crippen MR) is 83.9 cm³/mol. The molecule has 1 aromatic heterocycles. The molecule has 1 N–H and O–H groups in total. The molecule has 0 aliphatic heterocycles. The molecular formula is C16H15ClN2O3. The van der Waals surface area contributed by atoms with Crippen molar-refractivity contribution in [3.05, 3.63) is 58.9 Å². The number of carbonyl (C=O) groups is 2. The molecule has 1 aromatic carbocycles. The number of hydrogen-bond acceptors (Lipinski definition) is 4. The smallest absolute Gasteiger partial charge is 0.339 e. The summed E-state index contributed by atoms with van der Waals surface area (Å²) in [4.78, 5) is 27.7. The molecule has 22 heavy (non-hydrogen) atoms. The molecule has 0 fully saturated rings. The monoisotopic (exact) mass is 318 g/mol. The number of hydrogen-bond donors (Lipinski definition) is 1. The number of aryl methyl sites for hydroxylation is 1. The van der Waals surface area contributed by atoms with E-state index in [-0.39, 0.29) is 10.7 Å². The Kier molecular flexibility index (Phi) is 5.12. The van der Waals surface area contributed by atoms with Crippen molar-refractivity contribution in [3.8, 4) is 0 Å². The highest BCUT2D eigenvalue weighted by Crippen LogP contribution is 2.12. The minimum absolute atomic E-state index is 0.186. The Hall–Kier alpha value is -2.40. The van der Waals surface area contributed by atoms with Gasteiger partial charge in [-0.05, 0) is 38.1 Å². The first-order valence-corrected chi connectivity index (χ1v) is 7.03. The van der Waals surface area contributed by atoms with E-state index in [1.165, 1.54) is 25.3 Å². The third kappa shape index (κ3) is 4.30. The minimum atomic E-state index is -0.930. The van der Waals surface area contributed by atoms with Crippen molar-refractivity contribution in [2.24, 2.45) is 0 Å². The summed E-state index contributed by atoms with van der Waals surface area (Å²) < 4.78 is 5.11. The van der Waals surface area contributed by atoms with Crippen molar-refractivity contribution in [3.63, 3.8) is 0 Å². The predicted octanol–water partition coefficient (Wildman–Crippen LogP) is 3.23. The van der Waals surface area contributed by atoms with Crippen LogP contribution in [0.1, 0.15) is 22.8 Å². The highest BCUT2D eigenvalue weighted by molar-refractivity contribution is 6.29. The zero-order valence-corrected chi connectivity index (χ0v) is 12.9. The van der Waals surface area contributed by atoms with Gasteiger partial charge < -0.3 is 10.1 Å². The van der Waals surface area contributed by atoms with E-state index in [0.717, 1.165) is 5.56 Å². The van der Waals surface area contributed by atoms with E-state index in [9.17, 15) is 9.59 Å². The van der Waals surface area contributed by atoms with Crippen molar-refractivity contribution in [1.29, 1.82) is 0 Å². The van der Waals surface area contributed by atoms with Gasteiger partial charge in [-0.2, -0.15) is 0 Å². The number of nitrogens with one attached hydrogen (secondary N) is 1. The van der Waals surface area contributed by atoms with Gasteiger partial charge in [-0.25, -0.2) is 9.78 Å². The van der Waals surface area contributed by atoms with Gasteiger partial charge in [-0.15, -0.1) is 0 Å². The number of nitrogens with zero attached hydrogens (tertiary/aromatic N) is 1. The molecule has 1 unspecified atom stereocenters. The second-order valence-corrected chi connectivity index (χ2v) is 5.16. The van der Waals surface area contributed by atoms with Crippen LogP contribution in [-0.4, -0.2) is 23.0 Å². The second-order valence-electron chi connectivity index (χ2n) is 4.77. The molecule has 6 heteroatoms. The highest BCUT2D eigenvalue weighted by atomic mass is 35.5. The zero-order chi connectivity index (χ0) is 16.1. The Balaban J connectivity index is 1.96. The van der Waals surface area contributed by atoms with Crippen molar-refractivity contribution >= 4 is 29.2 Å². The van der Waals surface area contributed by atoms with Gasteiger partial charge in [0.2, 0.25) is 0 Å². The van der Waals surface area contributed by atoms with Crippen molar-refractivity contribution in [2.75, 3.05) is 5.32 Å². The van der Waals surface area contributed by atoms with Crippen LogP contribution in [0.25, 0.3) is 0 Å². The van der Waals surface area contributed by atoms with Gasteiger partial charge in [0, 0.05) is 11.9 Å². The van der Waals surface area contributed by atoms with Crippen LogP contribution < -0.4 is 5.32 Å². The van der Waals surface area contributed by atoms with Gasteiger partial charge in [-0.3, -0.25) is 4.79 Å². The Morgan fingerprint density at radius 1 is 1.23 bits per heavy atom. The number of benzene rings is 1. The lowest BCUT2D eigenvalue weighted by atomic mass is 10.2. The Morgan fingerprint density at radius 2 is 1.91 bits per heavy atom. The van der Waals surface area contributed by atoms with Crippen LogP contribution in [0.3, 0.4) is 0 Å². The van der Waals surface area contributed by atoms with Crippen LogP contribution >= 0.6 is 11.6 Å². The van der Waals surface area contributed by atoms with E-state index in [4.69, 9.17) is 16.3 Å². The Labute approximate surface area is 133 Å². The van der Waals surface area contributed by atoms with Crippen LogP contribution in [0.5, 0.6) is 0 Å². The van der Waals surface area contributed by atoms with E-state index >= 15 is 0 Å². The third-order valence-electron chi connectivity index (χ3n) is 2.93. The summed E-state index contributed by atoms with van der Waals surface area (Å²) in [6, 6.07) is 10.2. The number of halogens is 1. The van der Waals surface area contributed by atoms with E-state index in [2.05, 4.69) is 10.3 Å². The number of carbonyl (C=O) groups excluding carboxylic acids is 2. The topological polar surface area (TPSA) is 68.3 Å². The molecule has 0 saturated carbocycles. The van der Waals surface area contributed by atoms with Gasteiger partial charge in [0.25, 0.3) is 5.91 Å². The summed E-state index contributed by atoms with van der Waals surface area (Å²) in [6.45, 7) is 3.46. The molecule has 0 spiro atoms. The molecule has 1 atom stereocenters. The maximum atomic E-state index is 12.0. The number of esters is 1. The molecule has 2 rings (SSSR count). The Bertz CT molecular complexity index is 686. The average molecular weight is 319 g/mol. The van der Waals surface area contributed by atoms with Crippen LogP contribution in [0.15, 0.2) is 42.6 Å². The summed E-state index contributed by atoms with van der Waals surface area (Å²) in [5.41, 5.74) is 1.98. The number of pyridine rings is 1. The van der Waals surface area contributed by atoms with Crippen molar-refractivity contribution < 1.29 is 14.3 Å². The fourth-order valence-electron chi connectivity index (χ4n) is 1.69. The van der Waals surface area contributed by atoms with E-state index < -0.39 is 18.0 Å². The van der Waals surface area contributed by atoms with E-state index in [1.807, 2.05) is 19.1 Å². The zero-order valence-electron chi connectivity index (χ0n) is 12.2. The van der Waals surface area contributed by atoms with Gasteiger partial charge >= 0.3 is 5.97 Å². The summed E-state index contributed by atoms with van der Waals surface area (Å²) >= 11 is 5.71. The maximum absolute atomic E-state index is 12.0. The lowest BCUT2D eigenvalue weighted by molar-refractivity contribution is -0.123. The molecule has 0 aliphatic rings. The first-order valence-electron chi connectivity index (χ1n) is 6.66. The standard InChI is InChI=1S/C16H15ClN2O3/c1-10-3-5-13(6-4-10)19-15(20)11(2)22-16(21)12-7-8-18-14(17)9-12/h3-9,11H,1-2H3,(H,19,20). The Morgan fingerprint density at radius 3 is 2.55 bits per heavy atom. The normalized spacial score (nSPS) is 11.6. The number of aromatic nitrogens is 1. The molecule has 0 aliphatic carbocycles. The molecule has 5 nitrogen and oxygen atoms in total. The number of anilines is 1. The maximum Gasteiger partial charge on any atom is 0.339 e. The molecular weight excluding hydrogens is 304 g/mol. The van der Waals surface area contributed by atoms with Crippen molar-refractivity contribution in [1.82, 2.24) is 4.98 Å². The molecule has 0 radical (unpaired) electrons. The summed E-state index contributed by atoms with van der Waals surface area (Å²) in [6.07, 6.45) is 0.469. The van der Waals surface area contributed by atoms with Crippen LogP contribution in [0, 0.1) is 6.92 Å². The van der Waals surface area contributed by atoms with E-state index in [1.54, 1.807) is 12.1 Å². The SMILES string of the molecule is Cc1ccc(NC(=O)C(C)OC(=O)c2ccnc(Cl)c2)cc1. The highest BCUT2D eigenvalue weighted by Gasteiger charge is 2.19. The largest absolute Gasteiger partial charge is 0.449 e. The molecule has 0 saturated heterocycles. The van der Waals surface area contributed by atoms with Crippen molar-refractivity contribution in [2.45, 2.75) is 20.0 Å².